The molecule has 5 aromatic rings. The summed E-state index contributed by atoms with van der Waals surface area (Å²) in [5.74, 6) is 2.22. The number of hydrogen-bond acceptors (Lipinski definition) is 6. The van der Waals surface area contributed by atoms with Crippen LogP contribution in [0.5, 0.6) is 23.0 Å². The van der Waals surface area contributed by atoms with E-state index >= 15 is 0 Å². The summed E-state index contributed by atoms with van der Waals surface area (Å²) in [7, 11) is 4.76. The lowest BCUT2D eigenvalue weighted by Gasteiger charge is -2.25. The Morgan fingerprint density at radius 1 is 0.867 bits per heavy atom. The van der Waals surface area contributed by atoms with Crippen molar-refractivity contribution in [3.05, 3.63) is 88.9 Å². The van der Waals surface area contributed by atoms with Crippen molar-refractivity contribution in [3.63, 3.8) is 0 Å². The van der Waals surface area contributed by atoms with Gasteiger partial charge in [-0.15, -0.1) is 0 Å². The maximum atomic E-state index is 11.6. The Hall–Kier alpha value is -4.69. The normalized spacial score (nSPS) is 13.5. The molecule has 0 amide bonds. The van der Waals surface area contributed by atoms with Gasteiger partial charge in [0.25, 0.3) is 0 Å². The minimum absolute atomic E-state index is 0.234. The lowest BCUT2D eigenvalue weighted by atomic mass is 9.95. The lowest BCUT2D eigenvalue weighted by Crippen LogP contribution is -2.14. The van der Waals surface area contributed by atoms with E-state index < -0.39 is 5.97 Å². The van der Waals surface area contributed by atoms with Gasteiger partial charge in [0.15, 0.2) is 11.5 Å². The first kappa shape index (κ1) is 30.3. The molecule has 1 fully saturated rings. The van der Waals surface area contributed by atoms with Gasteiger partial charge in [0, 0.05) is 16.6 Å². The molecule has 1 aliphatic carbocycles. The zero-order chi connectivity index (χ0) is 31.5. The standard InChI is InChI=1S/C36H35ClN2O6/c1-42-32-19-24(20-33(43-2)34(32)44-3)29-15-12-26(37)17-25(29)21-45-28-13-9-22(10-14-28)35-38-30-18-23(36(40)41)11-16-31(30)39(35)27-7-5-4-6-8-27/h9-20,27H,4-8,21H2,1-3H3,(H,40,41). The van der Waals surface area contributed by atoms with Crippen molar-refractivity contribution in [1.82, 2.24) is 9.55 Å². The molecule has 232 valence electrons. The number of benzene rings is 4. The number of methoxy groups -OCH3 is 3. The average molecular weight is 627 g/mol. The summed E-state index contributed by atoms with van der Waals surface area (Å²) in [6, 6.07) is 22.9. The Labute approximate surface area is 267 Å². The first-order chi connectivity index (χ1) is 21.9. The van der Waals surface area contributed by atoms with Crippen LogP contribution in [0.2, 0.25) is 5.02 Å². The fourth-order valence-electron chi connectivity index (χ4n) is 6.21. The SMILES string of the molecule is COc1cc(-c2ccc(Cl)cc2COc2ccc(-c3nc4cc(C(=O)O)ccc4n3C3CCCCC3)cc2)cc(OC)c1OC. The molecule has 1 aromatic heterocycles. The van der Waals surface area contributed by atoms with Gasteiger partial charge < -0.3 is 28.6 Å². The van der Waals surface area contributed by atoms with Crippen LogP contribution in [0, 0.1) is 0 Å². The van der Waals surface area contributed by atoms with E-state index in [1.165, 1.54) is 19.3 Å². The zero-order valence-electron chi connectivity index (χ0n) is 25.5. The molecule has 0 unspecified atom stereocenters. The number of aromatic carboxylic acids is 1. The number of rotatable bonds is 10. The molecule has 0 saturated heterocycles. The third-order valence-electron chi connectivity index (χ3n) is 8.43. The van der Waals surface area contributed by atoms with E-state index in [2.05, 4.69) is 4.57 Å². The van der Waals surface area contributed by atoms with E-state index in [0.29, 0.717) is 39.6 Å². The van der Waals surface area contributed by atoms with E-state index in [-0.39, 0.29) is 12.2 Å². The second-order valence-electron chi connectivity index (χ2n) is 11.1. The number of ether oxygens (including phenoxy) is 4. The number of carboxylic acid groups (broad SMARTS) is 1. The minimum atomic E-state index is -0.958. The number of hydrogen-bond donors (Lipinski definition) is 1. The molecule has 0 aliphatic heterocycles. The summed E-state index contributed by atoms with van der Waals surface area (Å²) in [6.45, 7) is 0.282. The van der Waals surface area contributed by atoms with Gasteiger partial charge in [-0.3, -0.25) is 0 Å². The van der Waals surface area contributed by atoms with Crippen LogP contribution in [0.25, 0.3) is 33.5 Å². The molecule has 0 spiro atoms. The molecule has 9 heteroatoms. The molecular weight excluding hydrogens is 592 g/mol. The zero-order valence-corrected chi connectivity index (χ0v) is 26.3. The van der Waals surface area contributed by atoms with Crippen molar-refractivity contribution in [2.75, 3.05) is 21.3 Å². The van der Waals surface area contributed by atoms with Gasteiger partial charge in [0.1, 0.15) is 18.2 Å². The third kappa shape index (κ3) is 6.15. The molecule has 1 N–H and O–H groups in total. The fourth-order valence-corrected chi connectivity index (χ4v) is 6.40. The van der Waals surface area contributed by atoms with Crippen molar-refractivity contribution in [2.24, 2.45) is 0 Å². The topological polar surface area (TPSA) is 92.0 Å². The molecule has 1 heterocycles. The van der Waals surface area contributed by atoms with Crippen LogP contribution >= 0.6 is 11.6 Å². The molecule has 8 nitrogen and oxygen atoms in total. The van der Waals surface area contributed by atoms with Crippen LogP contribution in [-0.4, -0.2) is 42.0 Å². The third-order valence-corrected chi connectivity index (χ3v) is 8.66. The molecule has 6 rings (SSSR count). The first-order valence-corrected chi connectivity index (χ1v) is 15.3. The number of fused-ring (bicyclic) bond motifs is 1. The van der Waals surface area contributed by atoms with Crippen LogP contribution in [0.3, 0.4) is 0 Å². The Balaban J connectivity index is 1.29. The molecule has 1 saturated carbocycles. The summed E-state index contributed by atoms with van der Waals surface area (Å²) in [5, 5.41) is 10.1. The molecule has 0 bridgehead atoms. The van der Waals surface area contributed by atoms with Gasteiger partial charge in [0.2, 0.25) is 5.75 Å². The Bertz CT molecular complexity index is 1820. The summed E-state index contributed by atoms with van der Waals surface area (Å²) >= 11 is 6.41. The molecule has 4 aromatic carbocycles. The fraction of sp³-hybridized carbons (Fsp3) is 0.278. The van der Waals surface area contributed by atoms with Gasteiger partial charge in [-0.1, -0.05) is 36.9 Å². The number of nitrogens with zero attached hydrogens (tertiary/aromatic N) is 2. The summed E-state index contributed by atoms with van der Waals surface area (Å²) < 4.78 is 25.2. The van der Waals surface area contributed by atoms with Crippen molar-refractivity contribution >= 4 is 28.6 Å². The van der Waals surface area contributed by atoms with Crippen LogP contribution in [0.4, 0.5) is 0 Å². The maximum Gasteiger partial charge on any atom is 0.335 e. The van der Waals surface area contributed by atoms with Gasteiger partial charge in [-0.05, 0) is 96.3 Å². The highest BCUT2D eigenvalue weighted by Gasteiger charge is 2.23. The highest BCUT2D eigenvalue weighted by atomic mass is 35.5. The highest BCUT2D eigenvalue weighted by molar-refractivity contribution is 6.30. The average Bonchev–Trinajstić information content (AvgIpc) is 3.46. The largest absolute Gasteiger partial charge is 0.493 e. The highest BCUT2D eigenvalue weighted by Crippen LogP contribution is 2.42. The molecule has 0 atom stereocenters. The van der Waals surface area contributed by atoms with Crippen molar-refractivity contribution in [1.29, 1.82) is 0 Å². The van der Waals surface area contributed by atoms with Crippen molar-refractivity contribution in [3.8, 4) is 45.5 Å². The predicted molar refractivity (Wildman–Crippen MR) is 175 cm³/mol. The second kappa shape index (κ2) is 13.1. The van der Waals surface area contributed by atoms with Gasteiger partial charge in [-0.25, -0.2) is 9.78 Å². The predicted octanol–water partition coefficient (Wildman–Crippen LogP) is 8.83. The van der Waals surface area contributed by atoms with E-state index in [1.807, 2.05) is 60.7 Å². The van der Waals surface area contributed by atoms with Crippen molar-refractivity contribution in [2.45, 2.75) is 44.8 Å². The van der Waals surface area contributed by atoms with E-state index in [1.54, 1.807) is 33.5 Å². The van der Waals surface area contributed by atoms with Gasteiger partial charge in [-0.2, -0.15) is 0 Å². The van der Waals surface area contributed by atoms with Crippen molar-refractivity contribution < 1.29 is 28.8 Å². The Morgan fingerprint density at radius 2 is 1.58 bits per heavy atom. The molecular formula is C36H35ClN2O6. The number of carbonyl (C=O) groups is 1. The number of aromatic nitrogens is 2. The lowest BCUT2D eigenvalue weighted by molar-refractivity contribution is 0.0697. The van der Waals surface area contributed by atoms with Gasteiger partial charge in [0.05, 0.1) is 37.9 Å². The monoisotopic (exact) mass is 626 g/mol. The maximum absolute atomic E-state index is 11.6. The minimum Gasteiger partial charge on any atom is -0.493 e. The van der Waals surface area contributed by atoms with Crippen LogP contribution in [0.15, 0.2) is 72.8 Å². The molecule has 45 heavy (non-hydrogen) atoms. The molecule has 1 aliphatic rings. The number of halogens is 1. The smallest absolute Gasteiger partial charge is 0.335 e. The molecule has 0 radical (unpaired) electrons. The van der Waals surface area contributed by atoms with Crippen LogP contribution in [0.1, 0.15) is 54.1 Å². The Kier molecular flexibility index (Phi) is 8.85. The Morgan fingerprint density at radius 3 is 2.22 bits per heavy atom. The quantitative estimate of drug-likeness (QED) is 0.166. The van der Waals surface area contributed by atoms with Crippen LogP contribution in [-0.2, 0) is 6.61 Å². The number of imidazole rings is 1. The van der Waals surface area contributed by atoms with E-state index in [0.717, 1.165) is 46.4 Å². The van der Waals surface area contributed by atoms with E-state index in [4.69, 9.17) is 35.5 Å². The van der Waals surface area contributed by atoms with E-state index in [9.17, 15) is 9.90 Å². The van der Waals surface area contributed by atoms with Crippen LogP contribution < -0.4 is 18.9 Å². The summed E-state index contributed by atoms with van der Waals surface area (Å²) in [5.41, 5.74) is 5.53. The summed E-state index contributed by atoms with van der Waals surface area (Å²) in [6.07, 6.45) is 5.74. The summed E-state index contributed by atoms with van der Waals surface area (Å²) in [4.78, 5) is 16.6. The van der Waals surface area contributed by atoms with Gasteiger partial charge >= 0.3 is 5.97 Å². The second-order valence-corrected chi connectivity index (χ2v) is 11.6. The first-order valence-electron chi connectivity index (χ1n) is 15.0. The number of carboxylic acids is 1.